The fourth-order valence-electron chi connectivity index (χ4n) is 10.7. The number of hydrogen-bond acceptors (Lipinski definition) is 24. The number of nitrogens with one attached hydrogen (secondary N) is 20. The Labute approximate surface area is 681 Å². The zero-order chi connectivity index (χ0) is 87.1. The van der Waals surface area contributed by atoms with Crippen LogP contribution >= 0.6 is 25.3 Å². The Morgan fingerprint density at radius 1 is 0.414 bits per heavy atom. The summed E-state index contributed by atoms with van der Waals surface area (Å²) in [6.07, 6.45) is -0.368. The molecule has 43 nitrogen and oxygen atoms in total. The van der Waals surface area contributed by atoms with E-state index in [1.54, 1.807) is 81.4 Å². The fourth-order valence-corrected chi connectivity index (χ4v) is 11.3. The number of carboxylic acids is 1. The van der Waals surface area contributed by atoms with Crippen molar-refractivity contribution in [3.05, 3.63) is 71.8 Å². The topological polar surface area (TPSA) is 714 Å². The fraction of sp³-hybridized carbons (Fsp3) is 0.563. The molecule has 2 rings (SSSR count). The monoisotopic (exact) mass is 1670 g/mol. The van der Waals surface area contributed by atoms with Crippen LogP contribution in [0.15, 0.2) is 60.7 Å². The number of aliphatic carboxylic acids is 1. The number of carbonyl (C=O) groups is 16. The molecule has 116 heavy (non-hydrogen) atoms. The van der Waals surface area contributed by atoms with Gasteiger partial charge in [0.2, 0.25) is 82.7 Å². The lowest BCUT2D eigenvalue weighted by Crippen LogP contribution is -2.62. The summed E-state index contributed by atoms with van der Waals surface area (Å²) in [5.41, 5.74) is 22.9. The average molecular weight is 1670 g/mol. The molecule has 0 unspecified atom stereocenters. The van der Waals surface area contributed by atoms with Gasteiger partial charge in [0.15, 0.2) is 17.9 Å². The van der Waals surface area contributed by atoms with Gasteiger partial charge in [-0.15, -0.1) is 0 Å². The third kappa shape index (κ3) is 38.6. The summed E-state index contributed by atoms with van der Waals surface area (Å²) in [4.78, 5) is 217. The Morgan fingerprint density at radius 2 is 0.784 bits per heavy atom. The molecule has 31 N–H and O–H groups in total. The SMILES string of the molecule is CC[C@H](C)[C@H](NC(=O)[C@H](CCCNC(=N)N)NC(=O)CNC(=O)CNC(=O)[C@H](Cc1ccccc1)NC(=O)[C@@H](C)NC(=O)[C@H](CS)NC(=O)[C@@H](CO)NC(=O)[C@@H](N)CO)C(=O)N[C@@H](CC(=O)O)C(=O)N[C@@H](CCCNC(=N)N)C(=O)N[C@H](C(=O)N[C@@H](CS)C(=O)N[C@@H](Cc1ccccc1)C(=O)N[C@H](C=O)CCCNC(=N)N)[C@@H](C)CC. The van der Waals surface area contributed by atoms with Gasteiger partial charge in [0.1, 0.15) is 78.8 Å². The van der Waals surface area contributed by atoms with E-state index in [1.165, 1.54) is 13.8 Å². The molecule has 0 spiro atoms. The summed E-state index contributed by atoms with van der Waals surface area (Å²) in [6.45, 7) is 4.57. The predicted molar refractivity (Wildman–Crippen MR) is 430 cm³/mol. The van der Waals surface area contributed by atoms with Crippen molar-refractivity contribution in [1.82, 2.24) is 90.4 Å². The van der Waals surface area contributed by atoms with Crippen LogP contribution in [0.2, 0.25) is 0 Å². The van der Waals surface area contributed by atoms with Gasteiger partial charge in [-0.3, -0.25) is 88.1 Å². The lowest BCUT2D eigenvalue weighted by Gasteiger charge is -2.30. The molecular weight excluding hydrogens is 1560 g/mol. The summed E-state index contributed by atoms with van der Waals surface area (Å²) < 4.78 is 0. The zero-order valence-electron chi connectivity index (χ0n) is 65.2. The molecule has 0 heterocycles. The lowest BCUT2D eigenvalue weighted by atomic mass is 9.96. The number of carboxylic acid groups (broad SMARTS) is 1. The second-order valence-electron chi connectivity index (χ2n) is 27.0. The maximum atomic E-state index is 14.5. The Morgan fingerprint density at radius 3 is 1.22 bits per heavy atom. The highest BCUT2D eigenvalue weighted by Crippen LogP contribution is 2.15. The van der Waals surface area contributed by atoms with Crippen molar-refractivity contribution < 1.29 is 92.0 Å². The normalized spacial score (nSPS) is 14.7. The number of guanidine groups is 3. The van der Waals surface area contributed by atoms with Crippen LogP contribution in [-0.2, 0) is 89.6 Å². The summed E-state index contributed by atoms with van der Waals surface area (Å²) in [6, 6.07) is -2.37. The van der Waals surface area contributed by atoms with E-state index in [2.05, 4.69) is 116 Å². The molecule has 2 aromatic rings. The molecule has 0 aliphatic rings. The maximum absolute atomic E-state index is 14.5. The van der Waals surface area contributed by atoms with Crippen LogP contribution < -0.4 is 113 Å². The molecule has 0 radical (unpaired) electrons. The number of aliphatic hydroxyl groups excluding tert-OH is 2. The first-order valence-electron chi connectivity index (χ1n) is 37.3. The molecule has 2 aromatic carbocycles. The highest BCUT2D eigenvalue weighted by Gasteiger charge is 2.38. The number of nitrogens with two attached hydrogens (primary N) is 4. The molecule has 0 aliphatic carbocycles. The number of aldehydes is 1. The van der Waals surface area contributed by atoms with Crippen LogP contribution in [0.25, 0.3) is 0 Å². The van der Waals surface area contributed by atoms with Gasteiger partial charge in [-0.25, -0.2) is 0 Å². The zero-order valence-corrected chi connectivity index (χ0v) is 67.0. The summed E-state index contributed by atoms with van der Waals surface area (Å²) in [7, 11) is 0. The van der Waals surface area contributed by atoms with Crippen molar-refractivity contribution in [2.75, 3.05) is 57.4 Å². The highest BCUT2D eigenvalue weighted by atomic mass is 32.1. The summed E-state index contributed by atoms with van der Waals surface area (Å²) >= 11 is 8.40. The highest BCUT2D eigenvalue weighted by molar-refractivity contribution is 7.80. The first kappa shape index (κ1) is 101. The van der Waals surface area contributed by atoms with Crippen LogP contribution in [0.3, 0.4) is 0 Å². The van der Waals surface area contributed by atoms with Gasteiger partial charge in [-0.05, 0) is 68.4 Å². The van der Waals surface area contributed by atoms with Crippen molar-refractivity contribution in [1.29, 1.82) is 16.2 Å². The molecule has 15 atom stereocenters. The summed E-state index contributed by atoms with van der Waals surface area (Å²) in [5.74, 6) is -18.6. The van der Waals surface area contributed by atoms with Crippen LogP contribution in [0, 0.1) is 28.1 Å². The predicted octanol–water partition coefficient (Wildman–Crippen LogP) is -8.73. The second kappa shape index (κ2) is 54.4. The maximum Gasteiger partial charge on any atom is 0.305 e. The van der Waals surface area contributed by atoms with Crippen molar-refractivity contribution in [2.45, 2.75) is 184 Å². The quantitative estimate of drug-likeness (QED) is 0.00961. The van der Waals surface area contributed by atoms with Crippen molar-refractivity contribution >= 4 is 138 Å². The van der Waals surface area contributed by atoms with Gasteiger partial charge in [-0.2, -0.15) is 25.3 Å². The van der Waals surface area contributed by atoms with Gasteiger partial charge in [-0.1, -0.05) is 101 Å². The minimum Gasteiger partial charge on any atom is -0.481 e. The van der Waals surface area contributed by atoms with Gasteiger partial charge in [0, 0.05) is 44.0 Å². The van der Waals surface area contributed by atoms with Crippen LogP contribution in [0.5, 0.6) is 0 Å². The number of carbonyl (C=O) groups excluding carboxylic acids is 15. The van der Waals surface area contributed by atoms with E-state index in [4.69, 9.17) is 44.3 Å². The number of thiol groups is 2. The van der Waals surface area contributed by atoms with E-state index in [-0.39, 0.29) is 94.9 Å². The first-order chi connectivity index (χ1) is 54.9. The van der Waals surface area contributed by atoms with E-state index < -0.39 is 224 Å². The van der Waals surface area contributed by atoms with E-state index in [9.17, 15) is 86.9 Å². The smallest absolute Gasteiger partial charge is 0.305 e. The number of benzene rings is 2. The Hall–Kier alpha value is -11.5. The first-order valence-corrected chi connectivity index (χ1v) is 38.6. The molecule has 0 bridgehead atoms. The molecule has 14 amide bonds. The van der Waals surface area contributed by atoms with Crippen molar-refractivity contribution in [3.8, 4) is 0 Å². The van der Waals surface area contributed by atoms with Crippen LogP contribution in [0.4, 0.5) is 0 Å². The minimum absolute atomic E-state index is 0.00217. The Balaban J connectivity index is 2.38. The van der Waals surface area contributed by atoms with E-state index in [1.807, 2.05) is 0 Å². The van der Waals surface area contributed by atoms with Gasteiger partial charge < -0.3 is 133 Å². The van der Waals surface area contributed by atoms with Gasteiger partial charge >= 0.3 is 5.97 Å². The molecule has 0 saturated carbocycles. The molecule has 0 aliphatic heterocycles. The minimum atomic E-state index is -1.98. The molecule has 0 aromatic heterocycles. The lowest BCUT2D eigenvalue weighted by molar-refractivity contribution is -0.142. The molecule has 0 saturated heterocycles. The largest absolute Gasteiger partial charge is 0.481 e. The van der Waals surface area contributed by atoms with E-state index >= 15 is 0 Å². The Bertz CT molecular complexity index is 3650. The average Bonchev–Trinajstić information content (AvgIpc) is 0.854. The number of rotatable bonds is 55. The van der Waals surface area contributed by atoms with Crippen molar-refractivity contribution in [3.63, 3.8) is 0 Å². The van der Waals surface area contributed by atoms with Crippen LogP contribution in [-0.4, -0.2) is 264 Å². The number of hydrogen-bond donors (Lipinski definition) is 29. The molecule has 644 valence electrons. The molecule has 0 fully saturated rings. The van der Waals surface area contributed by atoms with Gasteiger partial charge in [0.25, 0.3) is 0 Å². The number of amides is 14. The molecular formula is C71H114N24O19S2. The Kier molecular flexibility index (Phi) is 47.1. The van der Waals surface area contributed by atoms with Gasteiger partial charge in [0.05, 0.1) is 38.8 Å². The van der Waals surface area contributed by atoms with E-state index in [0.29, 0.717) is 23.8 Å². The third-order valence-corrected chi connectivity index (χ3v) is 18.5. The standard InChI is InChI=1S/C71H114N24O19S2/c1-6-37(3)55(94-60(106)44(22-15-25-80-70(75)76)86-53(100)31-82-52(99)30-83-59(105)46(27-40-17-10-8-11-18-40)88-57(103)39(5)84-65(111)50(35-115)92-64(110)49(34-98)91-58(104)43(72)33-97)67(113)90-48(29-54(101)102)63(109)87-45(23-16-26-81-71(77)78)61(107)95-56(38(4)7-2)68(114)93-51(36-116)66(112)89-47(28-41-19-12-9-13-20-41)62(108)85-42(32-96)21-14-24-79-69(73)74/h8-13,17-20,32,37-39,42-51,55-56,97-98,115-116H,6-7,14-16,21-31,33-36,72H2,1-5H3,(H,82,99)(H,83,105)(H,84,111)(H,85,108)(H,86,100)(H,87,109)(H,88,103)(H,89,112)(H,90,113)(H,91,104)(H,92,110)(H,93,114)(H,94,106)(H,95,107)(H,101,102)(H4,73,74,79)(H4,75,76,80)(H4,77,78,81)/t37-,38-,39+,42-,43-,44-,45-,46-,47-,48-,49+,50-,51-,55-,56-/m0/s1. The van der Waals surface area contributed by atoms with E-state index in [0.717, 1.165) is 0 Å². The third-order valence-electron chi connectivity index (χ3n) is 17.8. The summed E-state index contributed by atoms with van der Waals surface area (Å²) in [5, 5.41) is 93.5. The number of aliphatic hydroxyl groups is 2. The molecule has 45 heteroatoms. The van der Waals surface area contributed by atoms with Crippen molar-refractivity contribution in [2.24, 2.45) is 34.8 Å². The van der Waals surface area contributed by atoms with Crippen LogP contribution in [0.1, 0.15) is 104 Å². The second-order valence-corrected chi connectivity index (χ2v) is 27.8.